The maximum atomic E-state index is 11.7. The van der Waals surface area contributed by atoms with Gasteiger partial charge in [-0.05, 0) is 17.5 Å². The predicted octanol–water partition coefficient (Wildman–Crippen LogP) is 0.952. The lowest BCUT2D eigenvalue weighted by atomic mass is 10.1. The van der Waals surface area contributed by atoms with Crippen LogP contribution in [0.25, 0.3) is 0 Å². The first kappa shape index (κ1) is 12.6. The van der Waals surface area contributed by atoms with Crippen molar-refractivity contribution in [1.82, 2.24) is 9.80 Å². The lowest BCUT2D eigenvalue weighted by Crippen LogP contribution is -2.50. The van der Waals surface area contributed by atoms with Crippen LogP contribution in [-0.4, -0.2) is 41.4 Å². The summed E-state index contributed by atoms with van der Waals surface area (Å²) in [6.07, 6.45) is 1.76. The summed E-state index contributed by atoms with van der Waals surface area (Å²) in [7, 11) is 0. The predicted molar refractivity (Wildman–Crippen MR) is 74.3 cm³/mol. The van der Waals surface area contributed by atoms with E-state index in [4.69, 9.17) is 5.73 Å². The van der Waals surface area contributed by atoms with Gasteiger partial charge < -0.3 is 10.6 Å². The third-order valence-electron chi connectivity index (χ3n) is 4.21. The standard InChI is InChI=1S/C15H21N3O/c16-9-12-2-1-3-13(8-12)10-17-6-7-18-14(11-17)4-5-15(18)19/h1-3,8,14H,4-7,9-11,16H2. The molecule has 19 heavy (non-hydrogen) atoms. The molecule has 2 heterocycles. The molecule has 0 spiro atoms. The molecule has 0 saturated carbocycles. The number of nitrogens with two attached hydrogens (primary N) is 1. The third kappa shape index (κ3) is 2.65. The van der Waals surface area contributed by atoms with Gasteiger partial charge in [-0.1, -0.05) is 24.3 Å². The monoisotopic (exact) mass is 259 g/mol. The fourth-order valence-corrected chi connectivity index (χ4v) is 3.19. The number of carbonyl (C=O) groups is 1. The Morgan fingerprint density at radius 2 is 2.11 bits per heavy atom. The lowest BCUT2D eigenvalue weighted by Gasteiger charge is -2.37. The molecule has 1 aromatic rings. The maximum absolute atomic E-state index is 11.7. The molecule has 0 aromatic heterocycles. The van der Waals surface area contributed by atoms with E-state index in [0.29, 0.717) is 18.5 Å². The Balaban J connectivity index is 1.63. The number of hydrogen-bond donors (Lipinski definition) is 1. The summed E-state index contributed by atoms with van der Waals surface area (Å²) in [4.78, 5) is 16.2. The summed E-state index contributed by atoms with van der Waals surface area (Å²) in [5, 5.41) is 0. The van der Waals surface area contributed by atoms with Gasteiger partial charge in [0.05, 0.1) is 0 Å². The Hall–Kier alpha value is -1.39. The van der Waals surface area contributed by atoms with Crippen molar-refractivity contribution >= 4 is 5.91 Å². The van der Waals surface area contributed by atoms with E-state index >= 15 is 0 Å². The van der Waals surface area contributed by atoms with E-state index in [1.54, 1.807) is 0 Å². The summed E-state index contributed by atoms with van der Waals surface area (Å²) in [5.41, 5.74) is 8.19. The highest BCUT2D eigenvalue weighted by Gasteiger charge is 2.35. The quantitative estimate of drug-likeness (QED) is 0.879. The second-order valence-corrected chi connectivity index (χ2v) is 5.54. The van der Waals surface area contributed by atoms with Crippen LogP contribution in [-0.2, 0) is 17.9 Å². The van der Waals surface area contributed by atoms with Crippen molar-refractivity contribution in [3.8, 4) is 0 Å². The minimum Gasteiger partial charge on any atom is -0.337 e. The molecular formula is C15H21N3O. The van der Waals surface area contributed by atoms with Crippen LogP contribution < -0.4 is 5.73 Å². The third-order valence-corrected chi connectivity index (χ3v) is 4.21. The normalized spacial score (nSPS) is 23.7. The van der Waals surface area contributed by atoms with Gasteiger partial charge in [0.25, 0.3) is 0 Å². The van der Waals surface area contributed by atoms with Gasteiger partial charge in [0.15, 0.2) is 0 Å². The summed E-state index contributed by atoms with van der Waals surface area (Å²) in [6, 6.07) is 8.93. The molecule has 4 nitrogen and oxygen atoms in total. The second-order valence-electron chi connectivity index (χ2n) is 5.54. The fraction of sp³-hybridized carbons (Fsp3) is 0.533. The first-order chi connectivity index (χ1) is 9.26. The number of carbonyl (C=O) groups excluding carboxylic acids is 1. The second kappa shape index (κ2) is 5.31. The molecule has 2 fully saturated rings. The molecule has 102 valence electrons. The van der Waals surface area contributed by atoms with Crippen molar-refractivity contribution < 1.29 is 4.79 Å². The molecule has 1 unspecified atom stereocenters. The number of benzene rings is 1. The Bertz CT molecular complexity index is 474. The zero-order valence-electron chi connectivity index (χ0n) is 11.2. The number of fused-ring (bicyclic) bond motifs is 1. The molecule has 1 amide bonds. The van der Waals surface area contributed by atoms with Crippen LogP contribution in [0.3, 0.4) is 0 Å². The highest BCUT2D eigenvalue weighted by molar-refractivity contribution is 5.78. The Morgan fingerprint density at radius 1 is 1.26 bits per heavy atom. The summed E-state index contributed by atoms with van der Waals surface area (Å²) in [5.74, 6) is 0.342. The van der Waals surface area contributed by atoms with Gasteiger partial charge >= 0.3 is 0 Å². The van der Waals surface area contributed by atoms with Crippen molar-refractivity contribution in [2.24, 2.45) is 5.73 Å². The number of nitrogens with zero attached hydrogens (tertiary/aromatic N) is 2. The van der Waals surface area contributed by atoms with Gasteiger partial charge in [-0.2, -0.15) is 0 Å². The maximum Gasteiger partial charge on any atom is 0.222 e. The molecule has 0 bridgehead atoms. The van der Waals surface area contributed by atoms with Gasteiger partial charge in [-0.15, -0.1) is 0 Å². The molecule has 3 rings (SSSR count). The van der Waals surface area contributed by atoms with Crippen molar-refractivity contribution in [3.63, 3.8) is 0 Å². The average molecular weight is 259 g/mol. The van der Waals surface area contributed by atoms with E-state index in [-0.39, 0.29) is 0 Å². The van der Waals surface area contributed by atoms with Crippen molar-refractivity contribution in [2.45, 2.75) is 32.0 Å². The fourth-order valence-electron chi connectivity index (χ4n) is 3.19. The van der Waals surface area contributed by atoms with E-state index in [1.165, 1.54) is 11.1 Å². The molecule has 2 saturated heterocycles. The zero-order valence-corrected chi connectivity index (χ0v) is 11.2. The number of hydrogen-bond acceptors (Lipinski definition) is 3. The topological polar surface area (TPSA) is 49.6 Å². The van der Waals surface area contributed by atoms with Crippen LogP contribution in [0.4, 0.5) is 0 Å². The van der Waals surface area contributed by atoms with Crippen LogP contribution in [0.5, 0.6) is 0 Å². The van der Waals surface area contributed by atoms with Gasteiger partial charge in [-0.25, -0.2) is 0 Å². The zero-order chi connectivity index (χ0) is 13.2. The van der Waals surface area contributed by atoms with Gasteiger partial charge in [0.1, 0.15) is 0 Å². The summed E-state index contributed by atoms with van der Waals surface area (Å²) >= 11 is 0. The first-order valence-electron chi connectivity index (χ1n) is 7.06. The Kier molecular flexibility index (Phi) is 3.53. The largest absolute Gasteiger partial charge is 0.337 e. The average Bonchev–Trinajstić information content (AvgIpc) is 2.80. The van der Waals surface area contributed by atoms with Gasteiger partial charge in [0, 0.05) is 45.2 Å². The van der Waals surface area contributed by atoms with E-state index < -0.39 is 0 Å². The number of amides is 1. The van der Waals surface area contributed by atoms with E-state index in [2.05, 4.69) is 34.1 Å². The van der Waals surface area contributed by atoms with Crippen molar-refractivity contribution in [1.29, 1.82) is 0 Å². The highest BCUT2D eigenvalue weighted by Crippen LogP contribution is 2.23. The Labute approximate surface area is 114 Å². The molecule has 1 atom stereocenters. The van der Waals surface area contributed by atoms with E-state index in [9.17, 15) is 4.79 Å². The minimum absolute atomic E-state index is 0.342. The molecule has 1 aromatic carbocycles. The Morgan fingerprint density at radius 3 is 2.95 bits per heavy atom. The number of rotatable bonds is 3. The van der Waals surface area contributed by atoms with Crippen LogP contribution in [0.1, 0.15) is 24.0 Å². The van der Waals surface area contributed by atoms with E-state index in [1.807, 2.05) is 0 Å². The van der Waals surface area contributed by atoms with Crippen LogP contribution >= 0.6 is 0 Å². The molecule has 0 aliphatic carbocycles. The SMILES string of the molecule is NCc1cccc(CN2CCN3C(=O)CCC3C2)c1. The smallest absolute Gasteiger partial charge is 0.222 e. The van der Waals surface area contributed by atoms with Crippen LogP contribution in [0, 0.1) is 0 Å². The van der Waals surface area contributed by atoms with Gasteiger partial charge in [-0.3, -0.25) is 9.69 Å². The number of piperazine rings is 1. The van der Waals surface area contributed by atoms with Crippen LogP contribution in [0.15, 0.2) is 24.3 Å². The highest BCUT2D eigenvalue weighted by atomic mass is 16.2. The molecular weight excluding hydrogens is 238 g/mol. The summed E-state index contributed by atoms with van der Waals surface area (Å²) < 4.78 is 0. The molecule has 2 aliphatic rings. The summed E-state index contributed by atoms with van der Waals surface area (Å²) in [6.45, 7) is 4.44. The molecule has 2 aliphatic heterocycles. The minimum atomic E-state index is 0.342. The van der Waals surface area contributed by atoms with Crippen LogP contribution in [0.2, 0.25) is 0 Å². The van der Waals surface area contributed by atoms with Gasteiger partial charge in [0.2, 0.25) is 5.91 Å². The molecule has 4 heteroatoms. The lowest BCUT2D eigenvalue weighted by molar-refractivity contribution is -0.130. The molecule has 2 N–H and O–H groups in total. The first-order valence-corrected chi connectivity index (χ1v) is 7.06. The van der Waals surface area contributed by atoms with Crippen molar-refractivity contribution in [3.05, 3.63) is 35.4 Å². The van der Waals surface area contributed by atoms with Crippen molar-refractivity contribution in [2.75, 3.05) is 19.6 Å². The molecule has 0 radical (unpaired) electrons. The van der Waals surface area contributed by atoms with E-state index in [0.717, 1.165) is 39.0 Å².